The van der Waals surface area contributed by atoms with E-state index >= 15 is 0 Å². The monoisotopic (exact) mass is 435 g/mol. The maximum atomic E-state index is 14.8. The molecule has 0 saturated heterocycles. The van der Waals surface area contributed by atoms with Crippen molar-refractivity contribution in [3.8, 4) is 5.75 Å². The van der Waals surface area contributed by atoms with Crippen molar-refractivity contribution in [2.24, 2.45) is 0 Å². The predicted octanol–water partition coefficient (Wildman–Crippen LogP) is 4.24. The van der Waals surface area contributed by atoms with Gasteiger partial charge >= 0.3 is 5.97 Å². The molecule has 1 saturated carbocycles. The largest absolute Gasteiger partial charge is 0.490 e. The lowest BCUT2D eigenvalue weighted by Crippen LogP contribution is -2.39. The van der Waals surface area contributed by atoms with Crippen molar-refractivity contribution in [2.45, 2.75) is 50.9 Å². The second-order valence-electron chi connectivity index (χ2n) is 8.05. The number of carboxylic acids is 1. The molecular weight excluding hydrogens is 411 g/mol. The first-order valence-electron chi connectivity index (χ1n) is 10.3. The second-order valence-corrected chi connectivity index (χ2v) is 8.05. The highest BCUT2D eigenvalue weighted by molar-refractivity contribution is 5.67. The molecule has 5 nitrogen and oxygen atoms in total. The molecule has 0 spiro atoms. The summed E-state index contributed by atoms with van der Waals surface area (Å²) in [6.45, 7) is 0.530. The zero-order chi connectivity index (χ0) is 22.1. The van der Waals surface area contributed by atoms with Crippen LogP contribution in [0.15, 0.2) is 24.3 Å². The number of methoxy groups -OCH3 is 1. The molecule has 0 aromatic heterocycles. The van der Waals surface area contributed by atoms with E-state index in [0.717, 1.165) is 6.07 Å². The van der Waals surface area contributed by atoms with Crippen LogP contribution in [0.1, 0.15) is 36.0 Å². The number of aryl methyl sites for hydroxylation is 1. The number of nitrogens with zero attached hydrogens (tertiary/aromatic N) is 1. The molecule has 2 aromatic carbocycles. The van der Waals surface area contributed by atoms with Crippen LogP contribution in [0.4, 0.5) is 18.9 Å². The van der Waals surface area contributed by atoms with Gasteiger partial charge < -0.3 is 19.5 Å². The number of halogens is 3. The minimum absolute atomic E-state index is 0.0821. The van der Waals surface area contributed by atoms with E-state index in [-0.39, 0.29) is 43.0 Å². The Hall–Kier alpha value is -2.74. The number of hydrogen-bond donors (Lipinski definition) is 1. The summed E-state index contributed by atoms with van der Waals surface area (Å²) in [6, 6.07) is 5.84. The van der Waals surface area contributed by atoms with Gasteiger partial charge in [-0.3, -0.25) is 4.79 Å². The minimum atomic E-state index is -0.990. The normalized spacial score (nSPS) is 20.2. The molecule has 0 amide bonds. The third-order valence-electron chi connectivity index (χ3n) is 6.03. The number of rotatable bonds is 7. The molecule has 4 rings (SSSR count). The highest BCUT2D eigenvalue weighted by atomic mass is 19.2. The fourth-order valence-corrected chi connectivity index (χ4v) is 4.15. The molecule has 1 aliphatic heterocycles. The van der Waals surface area contributed by atoms with Gasteiger partial charge in [0.15, 0.2) is 11.6 Å². The molecule has 0 atom stereocenters. The summed E-state index contributed by atoms with van der Waals surface area (Å²) in [5, 5.41) is 8.82. The van der Waals surface area contributed by atoms with Crippen LogP contribution in [0, 0.1) is 17.5 Å². The maximum absolute atomic E-state index is 14.8. The van der Waals surface area contributed by atoms with Gasteiger partial charge in [-0.15, -0.1) is 0 Å². The van der Waals surface area contributed by atoms with Crippen molar-refractivity contribution in [3.63, 3.8) is 0 Å². The Morgan fingerprint density at radius 1 is 1.16 bits per heavy atom. The van der Waals surface area contributed by atoms with Crippen molar-refractivity contribution in [1.82, 2.24) is 0 Å². The number of benzene rings is 2. The van der Waals surface area contributed by atoms with Gasteiger partial charge in [0.2, 0.25) is 0 Å². The van der Waals surface area contributed by atoms with Crippen LogP contribution in [0.2, 0.25) is 0 Å². The van der Waals surface area contributed by atoms with Crippen molar-refractivity contribution in [3.05, 3.63) is 58.4 Å². The number of carbonyl (C=O) groups is 1. The molecule has 0 unspecified atom stereocenters. The molecule has 1 fully saturated rings. The molecule has 166 valence electrons. The van der Waals surface area contributed by atoms with E-state index in [4.69, 9.17) is 14.6 Å². The highest BCUT2D eigenvalue weighted by Crippen LogP contribution is 2.35. The number of anilines is 1. The molecule has 1 aliphatic carbocycles. The van der Waals surface area contributed by atoms with Gasteiger partial charge in [-0.1, -0.05) is 12.1 Å². The molecule has 1 N–H and O–H groups in total. The molecule has 8 heteroatoms. The smallest absolute Gasteiger partial charge is 0.303 e. The van der Waals surface area contributed by atoms with Crippen LogP contribution in [0.3, 0.4) is 0 Å². The third kappa shape index (κ3) is 4.49. The van der Waals surface area contributed by atoms with Crippen LogP contribution in [0.25, 0.3) is 0 Å². The summed E-state index contributed by atoms with van der Waals surface area (Å²) in [4.78, 5) is 12.4. The van der Waals surface area contributed by atoms with E-state index in [9.17, 15) is 18.0 Å². The molecule has 2 aliphatic rings. The SMILES string of the molecule is COC1CC(Oc2cc(F)c(F)c(N3CCc4c(ccc(CCC(=O)O)c4F)C3)c2)C1. The second kappa shape index (κ2) is 8.78. The summed E-state index contributed by atoms with van der Waals surface area (Å²) in [7, 11) is 1.63. The molecule has 0 radical (unpaired) electrons. The summed E-state index contributed by atoms with van der Waals surface area (Å²) in [5.41, 5.74) is 1.62. The first-order valence-corrected chi connectivity index (χ1v) is 10.3. The number of aliphatic carboxylic acids is 1. The Kier molecular flexibility index (Phi) is 6.09. The predicted molar refractivity (Wildman–Crippen MR) is 108 cm³/mol. The van der Waals surface area contributed by atoms with E-state index < -0.39 is 23.4 Å². The number of ether oxygens (including phenoxy) is 2. The molecule has 31 heavy (non-hydrogen) atoms. The number of fused-ring (bicyclic) bond motifs is 1. The molecular formula is C23H24F3NO4. The maximum Gasteiger partial charge on any atom is 0.303 e. The molecule has 0 bridgehead atoms. The van der Waals surface area contributed by atoms with Gasteiger partial charge in [0, 0.05) is 51.6 Å². The highest BCUT2D eigenvalue weighted by Gasteiger charge is 2.32. The summed E-state index contributed by atoms with van der Waals surface area (Å²) in [6.07, 6.45) is 1.71. The van der Waals surface area contributed by atoms with Crippen molar-refractivity contribution in [2.75, 3.05) is 18.6 Å². The first kappa shape index (κ1) is 21.5. The molecule has 1 heterocycles. The van der Waals surface area contributed by atoms with Crippen molar-refractivity contribution >= 4 is 11.7 Å². The van der Waals surface area contributed by atoms with Gasteiger partial charge in [-0.2, -0.15) is 0 Å². The minimum Gasteiger partial charge on any atom is -0.490 e. The first-order chi connectivity index (χ1) is 14.9. The Bertz CT molecular complexity index is 991. The molecule has 2 aromatic rings. The van der Waals surface area contributed by atoms with Crippen molar-refractivity contribution < 1.29 is 32.5 Å². The summed E-state index contributed by atoms with van der Waals surface area (Å²) in [5.74, 6) is -3.08. The third-order valence-corrected chi connectivity index (χ3v) is 6.03. The van der Waals surface area contributed by atoms with E-state index in [2.05, 4.69) is 0 Å². The lowest BCUT2D eigenvalue weighted by atomic mass is 9.92. The van der Waals surface area contributed by atoms with Gasteiger partial charge in [0.05, 0.1) is 11.8 Å². The van der Waals surface area contributed by atoms with Crippen LogP contribution < -0.4 is 9.64 Å². The Labute approximate surface area is 178 Å². The van der Waals surface area contributed by atoms with E-state index in [1.807, 2.05) is 0 Å². The Morgan fingerprint density at radius 3 is 2.65 bits per heavy atom. The fraction of sp³-hybridized carbons (Fsp3) is 0.435. The standard InChI is InChI=1S/C23H24F3NO4/c1-30-15-8-16(9-15)31-17-10-19(24)23(26)20(11-17)27-7-6-18-14(12-27)3-2-13(22(18)25)4-5-21(28)29/h2-3,10-11,15-16H,4-9,12H2,1H3,(H,28,29). The average molecular weight is 435 g/mol. The van der Waals surface area contributed by atoms with E-state index in [0.29, 0.717) is 42.5 Å². The van der Waals surface area contributed by atoms with E-state index in [1.54, 1.807) is 24.1 Å². The van der Waals surface area contributed by atoms with Crippen LogP contribution in [-0.2, 0) is 28.9 Å². The Morgan fingerprint density at radius 2 is 1.94 bits per heavy atom. The van der Waals surface area contributed by atoms with Gasteiger partial charge in [-0.25, -0.2) is 13.2 Å². The topological polar surface area (TPSA) is 59.0 Å². The zero-order valence-electron chi connectivity index (χ0n) is 17.2. The zero-order valence-corrected chi connectivity index (χ0v) is 17.2. The average Bonchev–Trinajstić information content (AvgIpc) is 2.71. The fourth-order valence-electron chi connectivity index (χ4n) is 4.15. The van der Waals surface area contributed by atoms with Crippen molar-refractivity contribution in [1.29, 1.82) is 0 Å². The van der Waals surface area contributed by atoms with Gasteiger partial charge in [0.1, 0.15) is 17.7 Å². The van der Waals surface area contributed by atoms with E-state index in [1.165, 1.54) is 6.07 Å². The van der Waals surface area contributed by atoms with Crippen LogP contribution in [-0.4, -0.2) is 36.9 Å². The quantitative estimate of drug-likeness (QED) is 0.705. The lowest BCUT2D eigenvalue weighted by Gasteiger charge is -2.35. The number of carboxylic acid groups (broad SMARTS) is 1. The van der Waals surface area contributed by atoms with Gasteiger partial charge in [0.25, 0.3) is 0 Å². The van der Waals surface area contributed by atoms with Crippen LogP contribution in [0.5, 0.6) is 5.75 Å². The number of hydrogen-bond acceptors (Lipinski definition) is 4. The Balaban J connectivity index is 1.52. The van der Waals surface area contributed by atoms with Crippen LogP contribution >= 0.6 is 0 Å². The van der Waals surface area contributed by atoms with Gasteiger partial charge in [-0.05, 0) is 29.5 Å². The summed E-state index contributed by atoms with van der Waals surface area (Å²) >= 11 is 0. The summed E-state index contributed by atoms with van der Waals surface area (Å²) < 4.78 is 54.7. The lowest BCUT2D eigenvalue weighted by molar-refractivity contribution is -0.136.